The van der Waals surface area contributed by atoms with Crippen molar-refractivity contribution in [3.05, 3.63) is 63.9 Å². The maximum Gasteiger partial charge on any atom is 0.270 e. The summed E-state index contributed by atoms with van der Waals surface area (Å²) in [6.07, 6.45) is 5.14. The summed E-state index contributed by atoms with van der Waals surface area (Å²) in [4.78, 5) is 16.1. The largest absolute Gasteiger partial charge is 0.350 e. The zero-order valence-corrected chi connectivity index (χ0v) is 12.6. The monoisotopic (exact) mass is 304 g/mol. The van der Waals surface area contributed by atoms with E-state index >= 15 is 0 Å². The van der Waals surface area contributed by atoms with E-state index in [0.29, 0.717) is 24.2 Å². The van der Waals surface area contributed by atoms with Crippen LogP contribution in [0, 0.1) is 5.82 Å². The van der Waals surface area contributed by atoms with Gasteiger partial charge in [-0.25, -0.2) is 9.37 Å². The van der Waals surface area contributed by atoms with E-state index in [-0.39, 0.29) is 11.7 Å². The molecule has 0 saturated carbocycles. The molecule has 0 saturated heterocycles. The number of nitrogens with zero attached hydrogens (tertiary/aromatic N) is 1. The van der Waals surface area contributed by atoms with Crippen molar-refractivity contribution >= 4 is 17.2 Å². The van der Waals surface area contributed by atoms with Crippen LogP contribution >= 0.6 is 11.3 Å². The molecule has 2 rings (SSSR count). The SMILES string of the molecule is C/C=C/CCNC(=O)c1csc(Cc2ccccc2F)n1. The Morgan fingerprint density at radius 2 is 2.24 bits per heavy atom. The number of halogens is 1. The summed E-state index contributed by atoms with van der Waals surface area (Å²) in [5, 5.41) is 5.25. The van der Waals surface area contributed by atoms with E-state index < -0.39 is 0 Å². The van der Waals surface area contributed by atoms with Crippen LogP contribution in [-0.4, -0.2) is 17.4 Å². The lowest BCUT2D eigenvalue weighted by Crippen LogP contribution is -2.24. The van der Waals surface area contributed by atoms with Gasteiger partial charge in [0.25, 0.3) is 5.91 Å². The number of hydrogen-bond acceptors (Lipinski definition) is 3. The maximum atomic E-state index is 13.6. The molecule has 1 aromatic carbocycles. The topological polar surface area (TPSA) is 42.0 Å². The van der Waals surface area contributed by atoms with Crippen molar-refractivity contribution < 1.29 is 9.18 Å². The van der Waals surface area contributed by atoms with Gasteiger partial charge in [-0.3, -0.25) is 4.79 Å². The molecule has 0 aliphatic heterocycles. The van der Waals surface area contributed by atoms with Crippen LogP contribution in [0.25, 0.3) is 0 Å². The molecule has 0 fully saturated rings. The number of carbonyl (C=O) groups is 1. The molecular weight excluding hydrogens is 287 g/mol. The van der Waals surface area contributed by atoms with Crippen LogP contribution in [0.4, 0.5) is 4.39 Å². The van der Waals surface area contributed by atoms with Crippen LogP contribution in [0.15, 0.2) is 41.8 Å². The minimum Gasteiger partial charge on any atom is -0.350 e. The van der Waals surface area contributed by atoms with Crippen molar-refractivity contribution in [3.8, 4) is 0 Å². The molecule has 21 heavy (non-hydrogen) atoms. The highest BCUT2D eigenvalue weighted by Gasteiger charge is 2.11. The molecule has 5 heteroatoms. The molecule has 0 unspecified atom stereocenters. The molecule has 2 aromatic rings. The summed E-state index contributed by atoms with van der Waals surface area (Å²) in [7, 11) is 0. The molecule has 0 atom stereocenters. The van der Waals surface area contributed by atoms with Crippen molar-refractivity contribution in [2.45, 2.75) is 19.8 Å². The predicted octanol–water partition coefficient (Wildman–Crippen LogP) is 3.57. The molecular formula is C16H17FN2OS. The molecule has 0 radical (unpaired) electrons. The molecule has 1 N–H and O–H groups in total. The Hall–Kier alpha value is -2.01. The third-order valence-corrected chi connectivity index (χ3v) is 3.76. The first-order valence-electron chi connectivity index (χ1n) is 6.78. The van der Waals surface area contributed by atoms with E-state index in [1.54, 1.807) is 23.6 Å². The molecule has 0 aliphatic carbocycles. The third kappa shape index (κ3) is 4.49. The zero-order valence-electron chi connectivity index (χ0n) is 11.8. The average Bonchev–Trinajstić information content (AvgIpc) is 2.94. The molecule has 110 valence electrons. The third-order valence-electron chi connectivity index (χ3n) is 2.92. The van der Waals surface area contributed by atoms with Gasteiger partial charge in [0.05, 0.1) is 5.01 Å². The van der Waals surface area contributed by atoms with Crippen LogP contribution in [0.1, 0.15) is 34.4 Å². The number of benzene rings is 1. The maximum absolute atomic E-state index is 13.6. The van der Waals surface area contributed by atoms with E-state index in [2.05, 4.69) is 10.3 Å². The lowest BCUT2D eigenvalue weighted by atomic mass is 10.1. The Balaban J connectivity index is 1.95. The average molecular weight is 304 g/mol. The summed E-state index contributed by atoms with van der Waals surface area (Å²) in [5.74, 6) is -0.430. The van der Waals surface area contributed by atoms with Gasteiger partial charge in [-0.05, 0) is 25.0 Å². The fourth-order valence-corrected chi connectivity index (χ4v) is 2.62. The number of carbonyl (C=O) groups excluding carboxylic acids is 1. The quantitative estimate of drug-likeness (QED) is 0.655. The van der Waals surface area contributed by atoms with Crippen molar-refractivity contribution in [2.24, 2.45) is 0 Å². The first-order valence-corrected chi connectivity index (χ1v) is 7.66. The second-order valence-corrected chi connectivity index (χ2v) is 5.45. The molecule has 0 spiro atoms. The molecule has 1 heterocycles. The van der Waals surface area contributed by atoms with Gasteiger partial charge in [0, 0.05) is 18.3 Å². The lowest BCUT2D eigenvalue weighted by Gasteiger charge is -2.00. The summed E-state index contributed by atoms with van der Waals surface area (Å²) in [5.41, 5.74) is 0.985. The van der Waals surface area contributed by atoms with Crippen molar-refractivity contribution in [1.82, 2.24) is 10.3 Å². The van der Waals surface area contributed by atoms with E-state index in [1.807, 2.05) is 19.1 Å². The minimum absolute atomic E-state index is 0.185. The number of nitrogens with one attached hydrogen (secondary N) is 1. The Bertz CT molecular complexity index is 637. The van der Waals surface area contributed by atoms with Crippen LogP contribution < -0.4 is 5.32 Å². The summed E-state index contributed by atoms with van der Waals surface area (Å²) >= 11 is 1.37. The molecule has 0 aliphatic rings. The fraction of sp³-hybridized carbons (Fsp3) is 0.250. The highest BCUT2D eigenvalue weighted by Crippen LogP contribution is 2.16. The number of aromatic nitrogens is 1. The Morgan fingerprint density at radius 1 is 1.43 bits per heavy atom. The summed E-state index contributed by atoms with van der Waals surface area (Å²) in [6, 6.07) is 6.61. The van der Waals surface area contributed by atoms with Crippen molar-refractivity contribution in [1.29, 1.82) is 0 Å². The predicted molar refractivity (Wildman–Crippen MR) is 83.1 cm³/mol. The number of hydrogen-bond donors (Lipinski definition) is 1. The molecule has 1 amide bonds. The Morgan fingerprint density at radius 3 is 3.00 bits per heavy atom. The van der Waals surface area contributed by atoms with E-state index in [1.165, 1.54) is 17.4 Å². The van der Waals surface area contributed by atoms with Crippen LogP contribution in [0.5, 0.6) is 0 Å². The van der Waals surface area contributed by atoms with E-state index in [0.717, 1.165) is 11.4 Å². The van der Waals surface area contributed by atoms with E-state index in [9.17, 15) is 9.18 Å². The second-order valence-electron chi connectivity index (χ2n) is 4.51. The molecule has 3 nitrogen and oxygen atoms in total. The lowest BCUT2D eigenvalue weighted by molar-refractivity contribution is 0.0950. The van der Waals surface area contributed by atoms with Gasteiger partial charge in [-0.15, -0.1) is 11.3 Å². The number of thiazole rings is 1. The first kappa shape index (κ1) is 15.4. The highest BCUT2D eigenvalue weighted by atomic mass is 32.1. The normalized spacial score (nSPS) is 11.0. The minimum atomic E-state index is -0.245. The Labute approximate surface area is 127 Å². The van der Waals surface area contributed by atoms with Crippen LogP contribution in [0.2, 0.25) is 0 Å². The van der Waals surface area contributed by atoms with E-state index in [4.69, 9.17) is 0 Å². The molecule has 1 aromatic heterocycles. The number of rotatable bonds is 6. The van der Waals surface area contributed by atoms with Crippen molar-refractivity contribution in [2.75, 3.05) is 6.54 Å². The van der Waals surface area contributed by atoms with Crippen LogP contribution in [-0.2, 0) is 6.42 Å². The van der Waals surface area contributed by atoms with Gasteiger partial charge in [-0.1, -0.05) is 30.4 Å². The van der Waals surface area contributed by atoms with Gasteiger partial charge in [0.2, 0.25) is 0 Å². The first-order chi connectivity index (χ1) is 10.2. The fourth-order valence-electron chi connectivity index (χ4n) is 1.83. The smallest absolute Gasteiger partial charge is 0.270 e. The van der Waals surface area contributed by atoms with Crippen molar-refractivity contribution in [3.63, 3.8) is 0 Å². The Kier molecular flexibility index (Phi) is 5.63. The number of amides is 1. The van der Waals surface area contributed by atoms with Crippen LogP contribution in [0.3, 0.4) is 0 Å². The summed E-state index contributed by atoms with van der Waals surface area (Å²) in [6.45, 7) is 2.53. The van der Waals surface area contributed by atoms with Gasteiger partial charge in [0.1, 0.15) is 11.5 Å². The standard InChI is InChI=1S/C16H17FN2OS/c1-2-3-6-9-18-16(20)14-11-21-15(19-14)10-12-7-4-5-8-13(12)17/h2-5,7-8,11H,6,9-10H2,1H3,(H,18,20)/b3-2+. The summed E-state index contributed by atoms with van der Waals surface area (Å²) < 4.78 is 13.6. The zero-order chi connectivity index (χ0) is 15.1. The van der Waals surface area contributed by atoms with Gasteiger partial charge < -0.3 is 5.32 Å². The second kappa shape index (κ2) is 7.69. The molecule has 0 bridgehead atoms. The highest BCUT2D eigenvalue weighted by molar-refractivity contribution is 7.09. The van der Waals surface area contributed by atoms with Gasteiger partial charge in [0.15, 0.2) is 0 Å². The van der Waals surface area contributed by atoms with Gasteiger partial charge >= 0.3 is 0 Å². The number of allylic oxidation sites excluding steroid dienone is 1. The van der Waals surface area contributed by atoms with Gasteiger partial charge in [-0.2, -0.15) is 0 Å².